The minimum absolute atomic E-state index is 0.138. The number of nitrogens with one attached hydrogen (secondary N) is 1. The van der Waals surface area contributed by atoms with Crippen molar-refractivity contribution in [3.8, 4) is 11.5 Å². The van der Waals surface area contributed by atoms with E-state index in [9.17, 15) is 4.79 Å². The molecule has 1 aromatic rings. The number of amides is 1. The van der Waals surface area contributed by atoms with Crippen molar-refractivity contribution in [1.29, 1.82) is 0 Å². The van der Waals surface area contributed by atoms with Crippen LogP contribution in [0.25, 0.3) is 0 Å². The Morgan fingerprint density at radius 2 is 1.81 bits per heavy atom. The van der Waals surface area contributed by atoms with Crippen molar-refractivity contribution in [2.24, 2.45) is 4.99 Å². The van der Waals surface area contributed by atoms with Crippen LogP contribution in [-0.2, 0) is 11.3 Å². The standard InChI is InChI=1S/C19H28N4O3/c1-3-20-19(23-9-7-22(8-10-23)15(2)24)21-14-16-5-6-17-18(13-16)26-12-4-11-25-17/h5-6,13H,3-4,7-12,14H2,1-2H3,(H,20,21). The number of guanidine groups is 1. The maximum Gasteiger partial charge on any atom is 0.219 e. The Morgan fingerprint density at radius 3 is 2.50 bits per heavy atom. The molecule has 7 heteroatoms. The van der Waals surface area contributed by atoms with E-state index < -0.39 is 0 Å². The molecule has 0 radical (unpaired) electrons. The molecule has 1 aromatic carbocycles. The van der Waals surface area contributed by atoms with Gasteiger partial charge in [-0.15, -0.1) is 0 Å². The molecule has 7 nitrogen and oxygen atoms in total. The van der Waals surface area contributed by atoms with E-state index in [-0.39, 0.29) is 5.91 Å². The lowest BCUT2D eigenvalue weighted by Crippen LogP contribution is -2.53. The Morgan fingerprint density at radius 1 is 1.12 bits per heavy atom. The summed E-state index contributed by atoms with van der Waals surface area (Å²) in [5, 5.41) is 3.36. The second-order valence-electron chi connectivity index (χ2n) is 6.49. The lowest BCUT2D eigenvalue weighted by atomic mass is 10.2. The van der Waals surface area contributed by atoms with E-state index in [2.05, 4.69) is 17.1 Å². The second-order valence-corrected chi connectivity index (χ2v) is 6.49. The minimum Gasteiger partial charge on any atom is -0.490 e. The fourth-order valence-corrected chi connectivity index (χ4v) is 3.13. The SMILES string of the molecule is CCNC(=NCc1ccc2c(c1)OCCCO2)N1CCN(C(C)=O)CC1. The molecule has 2 aliphatic rings. The molecular formula is C19H28N4O3. The van der Waals surface area contributed by atoms with Gasteiger partial charge in [0.15, 0.2) is 17.5 Å². The molecule has 0 unspecified atom stereocenters. The molecule has 0 bridgehead atoms. The van der Waals surface area contributed by atoms with Gasteiger partial charge in [-0.05, 0) is 24.6 Å². The molecule has 1 saturated heterocycles. The highest BCUT2D eigenvalue weighted by Gasteiger charge is 2.21. The summed E-state index contributed by atoms with van der Waals surface area (Å²) in [6, 6.07) is 6.01. The van der Waals surface area contributed by atoms with Crippen LogP contribution in [-0.4, -0.2) is 67.6 Å². The van der Waals surface area contributed by atoms with E-state index in [1.165, 1.54) is 0 Å². The highest BCUT2D eigenvalue weighted by molar-refractivity contribution is 5.80. The molecule has 0 aromatic heterocycles. The summed E-state index contributed by atoms with van der Waals surface area (Å²) in [5.41, 5.74) is 1.09. The number of hydrogen-bond acceptors (Lipinski definition) is 4. The van der Waals surface area contributed by atoms with Crippen LogP contribution in [0.5, 0.6) is 11.5 Å². The number of carbonyl (C=O) groups excluding carboxylic acids is 1. The van der Waals surface area contributed by atoms with Gasteiger partial charge in [0.05, 0.1) is 19.8 Å². The van der Waals surface area contributed by atoms with Crippen LogP contribution in [0, 0.1) is 0 Å². The van der Waals surface area contributed by atoms with Crippen LogP contribution >= 0.6 is 0 Å². The van der Waals surface area contributed by atoms with E-state index in [0.29, 0.717) is 19.8 Å². The molecule has 3 rings (SSSR count). The first-order chi connectivity index (χ1) is 12.7. The first-order valence-electron chi connectivity index (χ1n) is 9.34. The summed E-state index contributed by atoms with van der Waals surface area (Å²) >= 11 is 0. The fraction of sp³-hybridized carbons (Fsp3) is 0.579. The van der Waals surface area contributed by atoms with Crippen molar-refractivity contribution >= 4 is 11.9 Å². The van der Waals surface area contributed by atoms with Crippen molar-refractivity contribution in [3.63, 3.8) is 0 Å². The van der Waals surface area contributed by atoms with Gasteiger partial charge >= 0.3 is 0 Å². The lowest BCUT2D eigenvalue weighted by molar-refractivity contribution is -0.130. The van der Waals surface area contributed by atoms with Crippen molar-refractivity contribution < 1.29 is 14.3 Å². The zero-order valence-electron chi connectivity index (χ0n) is 15.7. The van der Waals surface area contributed by atoms with Gasteiger partial charge in [0, 0.05) is 46.1 Å². The van der Waals surface area contributed by atoms with Gasteiger partial charge in [0.1, 0.15) is 0 Å². The highest BCUT2D eigenvalue weighted by Crippen LogP contribution is 2.30. The fourth-order valence-electron chi connectivity index (χ4n) is 3.13. The third kappa shape index (κ3) is 4.59. The summed E-state index contributed by atoms with van der Waals surface area (Å²) in [7, 11) is 0. The third-order valence-corrected chi connectivity index (χ3v) is 4.58. The maximum atomic E-state index is 11.5. The van der Waals surface area contributed by atoms with Crippen LogP contribution in [0.15, 0.2) is 23.2 Å². The minimum atomic E-state index is 0.138. The smallest absolute Gasteiger partial charge is 0.219 e. The van der Waals surface area contributed by atoms with E-state index >= 15 is 0 Å². The van der Waals surface area contributed by atoms with Crippen molar-refractivity contribution in [1.82, 2.24) is 15.1 Å². The van der Waals surface area contributed by atoms with Crippen LogP contribution in [0.1, 0.15) is 25.8 Å². The molecule has 0 atom stereocenters. The van der Waals surface area contributed by atoms with E-state index in [4.69, 9.17) is 14.5 Å². The predicted octanol–water partition coefficient (Wildman–Crippen LogP) is 1.48. The number of piperazine rings is 1. The van der Waals surface area contributed by atoms with Crippen molar-refractivity contribution in [3.05, 3.63) is 23.8 Å². The molecule has 1 N–H and O–H groups in total. The summed E-state index contributed by atoms with van der Waals surface area (Å²) < 4.78 is 11.4. The molecule has 2 aliphatic heterocycles. The molecular weight excluding hydrogens is 332 g/mol. The van der Waals surface area contributed by atoms with Gasteiger partial charge in [-0.2, -0.15) is 0 Å². The predicted molar refractivity (Wildman–Crippen MR) is 101 cm³/mol. The van der Waals surface area contributed by atoms with Crippen molar-refractivity contribution in [2.45, 2.75) is 26.8 Å². The van der Waals surface area contributed by atoms with Gasteiger partial charge in [-0.1, -0.05) is 6.07 Å². The number of carbonyl (C=O) groups is 1. The molecule has 26 heavy (non-hydrogen) atoms. The number of hydrogen-bond donors (Lipinski definition) is 1. The van der Waals surface area contributed by atoms with Gasteiger partial charge in [0.2, 0.25) is 5.91 Å². The molecule has 1 fully saturated rings. The van der Waals surface area contributed by atoms with Gasteiger partial charge in [-0.25, -0.2) is 4.99 Å². The molecule has 0 saturated carbocycles. The first kappa shape index (κ1) is 18.4. The topological polar surface area (TPSA) is 66.4 Å². The van der Waals surface area contributed by atoms with E-state index in [0.717, 1.165) is 62.2 Å². The second kappa shape index (κ2) is 8.78. The van der Waals surface area contributed by atoms with Gasteiger partial charge in [0.25, 0.3) is 0 Å². The molecule has 2 heterocycles. The summed E-state index contributed by atoms with van der Waals surface area (Å²) in [6.45, 7) is 9.53. The summed E-state index contributed by atoms with van der Waals surface area (Å²) in [6.07, 6.45) is 0.902. The molecule has 0 aliphatic carbocycles. The Kier molecular flexibility index (Phi) is 6.20. The van der Waals surface area contributed by atoms with Crippen molar-refractivity contribution in [2.75, 3.05) is 45.9 Å². The number of benzene rings is 1. The van der Waals surface area contributed by atoms with Gasteiger partial charge < -0.3 is 24.6 Å². The van der Waals surface area contributed by atoms with E-state index in [1.54, 1.807) is 6.92 Å². The Balaban J connectivity index is 1.66. The zero-order valence-corrected chi connectivity index (χ0v) is 15.7. The Bertz CT molecular complexity index is 654. The third-order valence-electron chi connectivity index (χ3n) is 4.58. The molecule has 0 spiro atoms. The van der Waals surface area contributed by atoms with Crippen LogP contribution < -0.4 is 14.8 Å². The number of fused-ring (bicyclic) bond motifs is 1. The first-order valence-corrected chi connectivity index (χ1v) is 9.34. The largest absolute Gasteiger partial charge is 0.490 e. The number of ether oxygens (including phenoxy) is 2. The van der Waals surface area contributed by atoms with E-state index in [1.807, 2.05) is 23.1 Å². The van der Waals surface area contributed by atoms with Gasteiger partial charge in [-0.3, -0.25) is 4.79 Å². The maximum absolute atomic E-state index is 11.5. The summed E-state index contributed by atoms with van der Waals surface area (Å²) in [5.74, 6) is 2.64. The normalized spacial score (nSPS) is 17.7. The number of nitrogens with zero attached hydrogens (tertiary/aromatic N) is 3. The Hall–Kier alpha value is -2.44. The average molecular weight is 360 g/mol. The highest BCUT2D eigenvalue weighted by atomic mass is 16.5. The lowest BCUT2D eigenvalue weighted by Gasteiger charge is -2.36. The van der Waals surface area contributed by atoms with Crippen LogP contribution in [0.3, 0.4) is 0 Å². The number of rotatable bonds is 3. The van der Waals surface area contributed by atoms with Crippen LogP contribution in [0.2, 0.25) is 0 Å². The average Bonchev–Trinajstić information content (AvgIpc) is 2.90. The quantitative estimate of drug-likeness (QED) is 0.653. The summed E-state index contributed by atoms with van der Waals surface area (Å²) in [4.78, 5) is 20.4. The molecule has 1 amide bonds. The number of aliphatic imine (C=N–C) groups is 1. The zero-order chi connectivity index (χ0) is 18.4. The Labute approximate surface area is 155 Å². The molecule has 142 valence electrons. The van der Waals surface area contributed by atoms with Crippen LogP contribution in [0.4, 0.5) is 0 Å². The monoisotopic (exact) mass is 360 g/mol.